The molecule has 0 spiro atoms. The van der Waals surface area contributed by atoms with Gasteiger partial charge < -0.3 is 9.73 Å². The number of aromatic nitrogens is 4. The van der Waals surface area contributed by atoms with E-state index < -0.39 is 23.7 Å². The molecule has 4 aromatic rings. The Balaban J connectivity index is 1.43. The average Bonchev–Trinajstić information content (AvgIpc) is 3.34. The lowest BCUT2D eigenvalue weighted by Gasteiger charge is -2.10. The second-order valence-electron chi connectivity index (χ2n) is 6.70. The minimum atomic E-state index is -4.47. The molecule has 7 nitrogen and oxygen atoms in total. The highest BCUT2D eigenvalue weighted by Crippen LogP contribution is 2.31. The molecule has 1 N–H and O–H groups in total. The lowest BCUT2D eigenvalue weighted by molar-refractivity contribution is -0.137. The molecule has 2 heterocycles. The van der Waals surface area contributed by atoms with Gasteiger partial charge in [-0.15, -0.1) is 10.2 Å². The van der Waals surface area contributed by atoms with E-state index >= 15 is 0 Å². The highest BCUT2D eigenvalue weighted by molar-refractivity contribution is 5.79. The van der Waals surface area contributed by atoms with E-state index in [0.717, 1.165) is 27.9 Å². The molecule has 0 aliphatic carbocycles. The maximum absolute atomic E-state index is 12.9. The van der Waals surface area contributed by atoms with Gasteiger partial charge in [0.1, 0.15) is 17.9 Å². The SMILES string of the molecule is C[C@@H](NC(=O)Cn1nnc(-c2cccc(C(F)(F)F)c2)n1)c1cc2ccccc2o1. The summed E-state index contributed by atoms with van der Waals surface area (Å²) in [5.41, 5.74) is 0.0677. The van der Waals surface area contributed by atoms with E-state index in [4.69, 9.17) is 4.42 Å². The van der Waals surface area contributed by atoms with E-state index in [0.29, 0.717) is 5.76 Å². The molecule has 154 valence electrons. The second-order valence-corrected chi connectivity index (χ2v) is 6.70. The Labute approximate surface area is 168 Å². The Bertz CT molecular complexity index is 1170. The zero-order valence-electron chi connectivity index (χ0n) is 15.7. The molecular formula is C20H16F3N5O2. The molecule has 0 unspecified atom stereocenters. The number of fused-ring (bicyclic) bond motifs is 1. The quantitative estimate of drug-likeness (QED) is 0.533. The first-order valence-corrected chi connectivity index (χ1v) is 9.03. The summed E-state index contributed by atoms with van der Waals surface area (Å²) in [5.74, 6) is 0.205. The van der Waals surface area contributed by atoms with Crippen LogP contribution in [0.2, 0.25) is 0 Å². The van der Waals surface area contributed by atoms with Gasteiger partial charge in [0.15, 0.2) is 0 Å². The van der Waals surface area contributed by atoms with Crippen molar-refractivity contribution >= 4 is 16.9 Å². The molecule has 30 heavy (non-hydrogen) atoms. The summed E-state index contributed by atoms with van der Waals surface area (Å²) >= 11 is 0. The van der Waals surface area contributed by atoms with Crippen LogP contribution >= 0.6 is 0 Å². The van der Waals surface area contributed by atoms with E-state index in [1.165, 1.54) is 12.1 Å². The first-order chi connectivity index (χ1) is 14.3. The fourth-order valence-electron chi connectivity index (χ4n) is 2.96. The number of nitrogens with one attached hydrogen (secondary N) is 1. The van der Waals surface area contributed by atoms with E-state index in [-0.39, 0.29) is 17.9 Å². The summed E-state index contributed by atoms with van der Waals surface area (Å²) in [4.78, 5) is 13.3. The number of nitrogens with zero attached hydrogens (tertiary/aromatic N) is 4. The number of furan rings is 1. The van der Waals surface area contributed by atoms with Crippen LogP contribution in [0.25, 0.3) is 22.4 Å². The Morgan fingerprint density at radius 3 is 2.73 bits per heavy atom. The van der Waals surface area contributed by atoms with Gasteiger partial charge >= 0.3 is 6.18 Å². The number of para-hydroxylation sites is 1. The van der Waals surface area contributed by atoms with Crippen LogP contribution < -0.4 is 5.32 Å². The minimum absolute atomic E-state index is 0.000711. The van der Waals surface area contributed by atoms with Gasteiger partial charge in [0.25, 0.3) is 0 Å². The first kappa shape index (κ1) is 19.6. The number of tetrazole rings is 1. The number of halogens is 3. The summed E-state index contributed by atoms with van der Waals surface area (Å²) in [6.45, 7) is 1.54. The van der Waals surface area contributed by atoms with Gasteiger partial charge in [0, 0.05) is 10.9 Å². The summed E-state index contributed by atoms with van der Waals surface area (Å²) in [6, 6.07) is 13.6. The van der Waals surface area contributed by atoms with Gasteiger partial charge in [-0.25, -0.2) is 0 Å². The van der Waals surface area contributed by atoms with Crippen LogP contribution in [0.3, 0.4) is 0 Å². The van der Waals surface area contributed by atoms with Crippen LogP contribution in [0.4, 0.5) is 13.2 Å². The monoisotopic (exact) mass is 415 g/mol. The van der Waals surface area contributed by atoms with Crippen LogP contribution in [-0.4, -0.2) is 26.1 Å². The molecule has 1 amide bonds. The number of amides is 1. The molecule has 0 fully saturated rings. The Hall–Kier alpha value is -3.69. The molecule has 1 atom stereocenters. The van der Waals surface area contributed by atoms with Crippen LogP contribution in [0.1, 0.15) is 24.3 Å². The van der Waals surface area contributed by atoms with Gasteiger partial charge in [0.2, 0.25) is 11.7 Å². The molecule has 2 aromatic heterocycles. The molecule has 0 radical (unpaired) electrons. The van der Waals surface area contributed by atoms with Crippen molar-refractivity contribution in [3.05, 3.63) is 65.9 Å². The maximum Gasteiger partial charge on any atom is 0.416 e. The Morgan fingerprint density at radius 2 is 1.97 bits per heavy atom. The zero-order valence-corrected chi connectivity index (χ0v) is 15.7. The van der Waals surface area contributed by atoms with Crippen molar-refractivity contribution in [3.63, 3.8) is 0 Å². The third-order valence-electron chi connectivity index (χ3n) is 4.43. The van der Waals surface area contributed by atoms with Crippen molar-refractivity contribution in [2.75, 3.05) is 0 Å². The lowest BCUT2D eigenvalue weighted by Crippen LogP contribution is -2.30. The average molecular weight is 415 g/mol. The Morgan fingerprint density at radius 1 is 1.17 bits per heavy atom. The largest absolute Gasteiger partial charge is 0.459 e. The van der Waals surface area contributed by atoms with Crippen LogP contribution in [0, 0.1) is 0 Å². The topological polar surface area (TPSA) is 85.8 Å². The smallest absolute Gasteiger partial charge is 0.416 e. The molecule has 10 heteroatoms. The number of carbonyl (C=O) groups is 1. The van der Waals surface area contributed by atoms with Crippen molar-refractivity contribution in [2.45, 2.75) is 25.7 Å². The molecule has 0 bridgehead atoms. The number of hydrogen-bond donors (Lipinski definition) is 1. The second kappa shape index (κ2) is 7.62. The standard InChI is InChI=1S/C20H16F3N5O2/c1-12(17-10-13-5-2-3-8-16(13)30-17)24-18(29)11-28-26-19(25-27-28)14-6-4-7-15(9-14)20(21,22)23/h2-10,12H,11H2,1H3,(H,24,29)/t12-/m1/s1. The molecular weight excluding hydrogens is 399 g/mol. The van der Waals surface area contributed by atoms with Gasteiger partial charge in [-0.2, -0.15) is 18.0 Å². The zero-order chi connectivity index (χ0) is 21.3. The summed E-state index contributed by atoms with van der Waals surface area (Å²) in [5, 5.41) is 15.2. The third-order valence-corrected chi connectivity index (χ3v) is 4.43. The fourth-order valence-corrected chi connectivity index (χ4v) is 2.96. The van der Waals surface area contributed by atoms with Crippen molar-refractivity contribution in [1.82, 2.24) is 25.5 Å². The molecule has 0 saturated carbocycles. The van der Waals surface area contributed by atoms with Gasteiger partial charge in [-0.3, -0.25) is 4.79 Å². The van der Waals surface area contributed by atoms with E-state index in [9.17, 15) is 18.0 Å². The number of rotatable bonds is 5. The van der Waals surface area contributed by atoms with E-state index in [2.05, 4.69) is 20.7 Å². The van der Waals surface area contributed by atoms with Crippen molar-refractivity contribution < 1.29 is 22.4 Å². The van der Waals surface area contributed by atoms with Gasteiger partial charge in [-0.05, 0) is 36.4 Å². The minimum Gasteiger partial charge on any atom is -0.459 e. The number of alkyl halides is 3. The molecule has 0 saturated heterocycles. The van der Waals surface area contributed by atoms with Crippen LogP contribution in [-0.2, 0) is 17.5 Å². The van der Waals surface area contributed by atoms with E-state index in [1.807, 2.05) is 30.3 Å². The highest BCUT2D eigenvalue weighted by Gasteiger charge is 2.30. The molecule has 0 aliphatic rings. The van der Waals surface area contributed by atoms with Gasteiger partial charge in [0.05, 0.1) is 11.6 Å². The summed E-state index contributed by atoms with van der Waals surface area (Å²) in [7, 11) is 0. The fraction of sp³-hybridized carbons (Fsp3) is 0.200. The van der Waals surface area contributed by atoms with Crippen LogP contribution in [0.5, 0.6) is 0 Å². The molecule has 2 aromatic carbocycles. The van der Waals surface area contributed by atoms with Crippen molar-refractivity contribution in [3.8, 4) is 11.4 Å². The van der Waals surface area contributed by atoms with Gasteiger partial charge in [-0.1, -0.05) is 30.3 Å². The molecule has 0 aliphatic heterocycles. The maximum atomic E-state index is 12.9. The number of hydrogen-bond acceptors (Lipinski definition) is 5. The predicted octanol–water partition coefficient (Wildman–Crippen LogP) is 3.98. The number of carbonyl (C=O) groups excluding carboxylic acids is 1. The first-order valence-electron chi connectivity index (χ1n) is 9.03. The Kier molecular flexibility index (Phi) is 4.98. The predicted molar refractivity (Wildman–Crippen MR) is 101 cm³/mol. The number of benzene rings is 2. The van der Waals surface area contributed by atoms with Crippen LogP contribution in [0.15, 0.2) is 59.0 Å². The lowest BCUT2D eigenvalue weighted by atomic mass is 10.1. The summed E-state index contributed by atoms with van der Waals surface area (Å²) in [6.07, 6.45) is -4.47. The molecule has 4 rings (SSSR count). The van der Waals surface area contributed by atoms with Crippen molar-refractivity contribution in [1.29, 1.82) is 0 Å². The highest BCUT2D eigenvalue weighted by atomic mass is 19.4. The third kappa shape index (κ3) is 4.17. The van der Waals surface area contributed by atoms with E-state index in [1.54, 1.807) is 6.92 Å². The summed E-state index contributed by atoms with van der Waals surface area (Å²) < 4.78 is 44.3. The normalized spacial score (nSPS) is 12.8. The van der Waals surface area contributed by atoms with Crippen molar-refractivity contribution in [2.24, 2.45) is 0 Å².